The highest BCUT2D eigenvalue weighted by molar-refractivity contribution is 6.32. The number of ketones is 1. The SMILES string of the molecule is O=C(O)CC(=O)c1ccc(-c2ccc(Cl)c([N+](=O)[O-])c2)o1. The fourth-order valence-electron chi connectivity index (χ4n) is 1.67. The van der Waals surface area contributed by atoms with Crippen molar-refractivity contribution in [2.45, 2.75) is 6.42 Å². The first kappa shape index (κ1) is 14.7. The number of furan rings is 1. The molecule has 0 aliphatic rings. The second-order valence-corrected chi connectivity index (χ2v) is 4.49. The molecule has 21 heavy (non-hydrogen) atoms. The van der Waals surface area contributed by atoms with Gasteiger partial charge >= 0.3 is 5.97 Å². The molecule has 2 aromatic rings. The van der Waals surface area contributed by atoms with Crippen molar-refractivity contribution in [3.05, 3.63) is 51.2 Å². The van der Waals surface area contributed by atoms with Gasteiger partial charge in [-0.1, -0.05) is 11.6 Å². The molecule has 0 amide bonds. The predicted molar refractivity (Wildman–Crippen MR) is 72.4 cm³/mol. The van der Waals surface area contributed by atoms with E-state index in [1.54, 1.807) is 0 Å². The van der Waals surface area contributed by atoms with Crippen LogP contribution in [0.4, 0.5) is 5.69 Å². The number of carboxylic acids is 1. The van der Waals surface area contributed by atoms with Gasteiger partial charge in [-0.05, 0) is 24.3 Å². The van der Waals surface area contributed by atoms with Gasteiger partial charge in [0, 0.05) is 11.6 Å². The molecule has 0 unspecified atom stereocenters. The molecule has 0 atom stereocenters. The summed E-state index contributed by atoms with van der Waals surface area (Å²) in [6.45, 7) is 0. The van der Waals surface area contributed by atoms with E-state index in [4.69, 9.17) is 21.1 Å². The van der Waals surface area contributed by atoms with Gasteiger partial charge in [0.15, 0.2) is 5.76 Å². The smallest absolute Gasteiger partial charge is 0.311 e. The number of nitrogens with zero attached hydrogens (tertiary/aromatic N) is 1. The first-order chi connectivity index (χ1) is 9.88. The van der Waals surface area contributed by atoms with Crippen LogP contribution >= 0.6 is 11.6 Å². The van der Waals surface area contributed by atoms with Crippen LogP contribution < -0.4 is 0 Å². The predicted octanol–water partition coefficient (Wildman–Crippen LogP) is 3.17. The van der Waals surface area contributed by atoms with Crippen LogP contribution in [0.5, 0.6) is 0 Å². The van der Waals surface area contributed by atoms with Crippen molar-refractivity contribution in [1.29, 1.82) is 0 Å². The lowest BCUT2D eigenvalue weighted by molar-refractivity contribution is -0.384. The molecule has 1 aromatic carbocycles. The van der Waals surface area contributed by atoms with E-state index in [-0.39, 0.29) is 22.2 Å². The Morgan fingerprint density at radius 3 is 2.62 bits per heavy atom. The topological polar surface area (TPSA) is 111 Å². The molecule has 0 saturated carbocycles. The van der Waals surface area contributed by atoms with Crippen molar-refractivity contribution in [1.82, 2.24) is 0 Å². The number of carboxylic acid groups (broad SMARTS) is 1. The number of rotatable bonds is 5. The van der Waals surface area contributed by atoms with Crippen LogP contribution in [0.25, 0.3) is 11.3 Å². The molecule has 0 aliphatic heterocycles. The van der Waals surface area contributed by atoms with Gasteiger partial charge in [-0.25, -0.2) is 0 Å². The normalized spacial score (nSPS) is 10.3. The number of aliphatic carboxylic acids is 1. The Kier molecular flexibility index (Phi) is 4.04. The zero-order valence-electron chi connectivity index (χ0n) is 10.4. The van der Waals surface area contributed by atoms with Crippen molar-refractivity contribution >= 4 is 29.0 Å². The third-order valence-electron chi connectivity index (χ3n) is 2.62. The third-order valence-corrected chi connectivity index (χ3v) is 2.94. The minimum absolute atomic E-state index is 0.0162. The van der Waals surface area contributed by atoms with Gasteiger partial charge in [0.25, 0.3) is 5.69 Å². The van der Waals surface area contributed by atoms with Crippen molar-refractivity contribution in [3.63, 3.8) is 0 Å². The fraction of sp³-hybridized carbons (Fsp3) is 0.0769. The third kappa shape index (κ3) is 3.26. The van der Waals surface area contributed by atoms with Crippen molar-refractivity contribution in [2.75, 3.05) is 0 Å². The van der Waals surface area contributed by atoms with Crippen LogP contribution in [-0.2, 0) is 4.79 Å². The lowest BCUT2D eigenvalue weighted by atomic mass is 10.1. The van der Waals surface area contributed by atoms with E-state index in [2.05, 4.69) is 0 Å². The Morgan fingerprint density at radius 2 is 2.00 bits per heavy atom. The van der Waals surface area contributed by atoms with Gasteiger partial charge < -0.3 is 9.52 Å². The van der Waals surface area contributed by atoms with Gasteiger partial charge in [0.1, 0.15) is 17.2 Å². The summed E-state index contributed by atoms with van der Waals surface area (Å²) in [6.07, 6.45) is -0.687. The molecule has 1 heterocycles. The van der Waals surface area contributed by atoms with Crippen LogP contribution in [0.1, 0.15) is 17.0 Å². The second-order valence-electron chi connectivity index (χ2n) is 4.08. The monoisotopic (exact) mass is 309 g/mol. The molecular weight excluding hydrogens is 302 g/mol. The minimum Gasteiger partial charge on any atom is -0.481 e. The van der Waals surface area contributed by atoms with Crippen LogP contribution in [0.2, 0.25) is 5.02 Å². The first-order valence-electron chi connectivity index (χ1n) is 5.67. The Bertz CT molecular complexity index is 736. The van der Waals surface area contributed by atoms with Gasteiger partial charge in [-0.3, -0.25) is 19.7 Å². The van der Waals surface area contributed by atoms with Crippen LogP contribution in [0.15, 0.2) is 34.7 Å². The summed E-state index contributed by atoms with van der Waals surface area (Å²) < 4.78 is 5.23. The lowest BCUT2D eigenvalue weighted by Crippen LogP contribution is -2.05. The molecular formula is C13H8ClNO6. The highest BCUT2D eigenvalue weighted by Gasteiger charge is 2.18. The molecule has 0 spiro atoms. The molecule has 8 heteroatoms. The van der Waals surface area contributed by atoms with E-state index in [1.807, 2.05) is 0 Å². The zero-order chi connectivity index (χ0) is 15.6. The molecule has 0 aliphatic carbocycles. The van der Waals surface area contributed by atoms with Crippen molar-refractivity contribution in [2.24, 2.45) is 0 Å². The number of hydrogen-bond donors (Lipinski definition) is 1. The summed E-state index contributed by atoms with van der Waals surface area (Å²) in [6, 6.07) is 6.81. The number of nitro groups is 1. The molecule has 1 N–H and O–H groups in total. The molecule has 0 fully saturated rings. The number of nitro benzene ring substituents is 1. The summed E-state index contributed by atoms with van der Waals surface area (Å²) in [5.74, 6) is -1.86. The number of hydrogen-bond acceptors (Lipinski definition) is 5. The summed E-state index contributed by atoms with van der Waals surface area (Å²) in [5.41, 5.74) is 0.0736. The molecule has 0 saturated heterocycles. The fourth-order valence-corrected chi connectivity index (χ4v) is 1.86. The maximum absolute atomic E-state index is 11.5. The lowest BCUT2D eigenvalue weighted by Gasteiger charge is -1.99. The first-order valence-corrected chi connectivity index (χ1v) is 6.05. The molecule has 0 bridgehead atoms. The van der Waals surface area contributed by atoms with Gasteiger partial charge in [-0.15, -0.1) is 0 Å². The summed E-state index contributed by atoms with van der Waals surface area (Å²) >= 11 is 5.70. The van der Waals surface area contributed by atoms with Gasteiger partial charge in [0.05, 0.1) is 4.92 Å². The van der Waals surface area contributed by atoms with E-state index in [0.29, 0.717) is 5.56 Å². The van der Waals surface area contributed by atoms with E-state index >= 15 is 0 Å². The summed E-state index contributed by atoms with van der Waals surface area (Å²) in [7, 11) is 0. The molecule has 108 valence electrons. The Hall–Kier alpha value is -2.67. The van der Waals surface area contributed by atoms with Gasteiger partial charge in [-0.2, -0.15) is 0 Å². The van der Waals surface area contributed by atoms with E-state index in [0.717, 1.165) is 0 Å². The standard InChI is InChI=1S/C13H8ClNO6/c14-8-2-1-7(5-9(8)15(19)20)11-3-4-12(21-11)10(16)6-13(17)18/h1-5H,6H2,(H,17,18). The van der Waals surface area contributed by atoms with E-state index in [9.17, 15) is 19.7 Å². The molecule has 7 nitrogen and oxygen atoms in total. The van der Waals surface area contributed by atoms with Crippen LogP contribution in [0, 0.1) is 10.1 Å². The van der Waals surface area contributed by atoms with E-state index in [1.165, 1.54) is 30.3 Å². The Labute approximate surface area is 122 Å². The highest BCUT2D eigenvalue weighted by atomic mass is 35.5. The minimum atomic E-state index is -1.26. The Balaban J connectivity index is 2.34. The largest absolute Gasteiger partial charge is 0.481 e. The number of benzene rings is 1. The van der Waals surface area contributed by atoms with Crippen molar-refractivity contribution in [3.8, 4) is 11.3 Å². The molecule has 0 radical (unpaired) electrons. The Morgan fingerprint density at radius 1 is 1.29 bits per heavy atom. The number of carbonyl (C=O) groups excluding carboxylic acids is 1. The quantitative estimate of drug-likeness (QED) is 0.393. The number of halogens is 1. The van der Waals surface area contributed by atoms with Crippen molar-refractivity contribution < 1.29 is 24.0 Å². The second kappa shape index (κ2) is 5.76. The summed E-state index contributed by atoms with van der Waals surface area (Å²) in [5, 5.41) is 19.3. The maximum atomic E-state index is 11.5. The maximum Gasteiger partial charge on any atom is 0.311 e. The number of carbonyl (C=O) groups is 2. The average molecular weight is 310 g/mol. The highest BCUT2D eigenvalue weighted by Crippen LogP contribution is 2.31. The van der Waals surface area contributed by atoms with Crippen LogP contribution in [0.3, 0.4) is 0 Å². The number of Topliss-reactive ketones (excluding diaryl/α,β-unsaturated/α-hetero) is 1. The average Bonchev–Trinajstić information content (AvgIpc) is 2.87. The van der Waals surface area contributed by atoms with Crippen LogP contribution in [-0.4, -0.2) is 21.8 Å². The zero-order valence-corrected chi connectivity index (χ0v) is 11.2. The van der Waals surface area contributed by atoms with E-state index < -0.39 is 23.1 Å². The van der Waals surface area contributed by atoms with Gasteiger partial charge in [0.2, 0.25) is 5.78 Å². The molecule has 2 rings (SSSR count). The molecule has 1 aromatic heterocycles. The summed E-state index contributed by atoms with van der Waals surface area (Å²) in [4.78, 5) is 32.2.